The fourth-order valence-corrected chi connectivity index (χ4v) is 5.60. The number of likely N-dealkylation sites (tertiary alicyclic amines) is 1. The van der Waals surface area contributed by atoms with Gasteiger partial charge in [-0.05, 0) is 57.9 Å². The number of nitrogens with zero attached hydrogens (tertiary/aromatic N) is 1. The number of ketones is 1. The predicted octanol–water partition coefficient (Wildman–Crippen LogP) is 3.31. The maximum atomic E-state index is 12.2. The van der Waals surface area contributed by atoms with Crippen molar-refractivity contribution in [3.05, 3.63) is 0 Å². The standard InChI is InChI=1S/C18H29NO2/c20-17-7-3-5-15(17)16-6-4-11-19(16)14-8-12-21-18(13-14)9-1-2-10-18/h14-16H,1-13H2. The van der Waals surface area contributed by atoms with Gasteiger partial charge in [0, 0.05) is 31.0 Å². The van der Waals surface area contributed by atoms with E-state index in [0.29, 0.717) is 23.8 Å². The Balaban J connectivity index is 1.48. The Bertz CT molecular complexity index is 402. The second-order valence-electron chi connectivity index (χ2n) is 7.80. The van der Waals surface area contributed by atoms with E-state index in [2.05, 4.69) is 4.90 Å². The molecule has 4 fully saturated rings. The molecule has 21 heavy (non-hydrogen) atoms. The van der Waals surface area contributed by atoms with Gasteiger partial charge in [0.2, 0.25) is 0 Å². The molecule has 3 atom stereocenters. The van der Waals surface area contributed by atoms with Gasteiger partial charge >= 0.3 is 0 Å². The van der Waals surface area contributed by atoms with Gasteiger partial charge in [-0.1, -0.05) is 12.8 Å². The van der Waals surface area contributed by atoms with E-state index in [9.17, 15) is 4.79 Å². The number of hydrogen-bond acceptors (Lipinski definition) is 3. The fourth-order valence-electron chi connectivity index (χ4n) is 5.60. The summed E-state index contributed by atoms with van der Waals surface area (Å²) in [6.45, 7) is 2.15. The van der Waals surface area contributed by atoms with Crippen molar-refractivity contribution in [1.82, 2.24) is 4.90 Å². The Hall–Kier alpha value is -0.410. The molecule has 2 aliphatic heterocycles. The summed E-state index contributed by atoms with van der Waals surface area (Å²) in [4.78, 5) is 14.9. The lowest BCUT2D eigenvalue weighted by molar-refractivity contribution is -0.125. The van der Waals surface area contributed by atoms with Crippen molar-refractivity contribution in [2.24, 2.45) is 5.92 Å². The average molecular weight is 291 g/mol. The molecule has 0 bridgehead atoms. The van der Waals surface area contributed by atoms with Crippen LogP contribution in [0, 0.1) is 5.92 Å². The number of Topliss-reactive ketones (excluding diaryl/α,β-unsaturated/α-hetero) is 1. The van der Waals surface area contributed by atoms with E-state index in [-0.39, 0.29) is 5.60 Å². The van der Waals surface area contributed by atoms with E-state index in [1.807, 2.05) is 0 Å². The monoisotopic (exact) mass is 291 g/mol. The average Bonchev–Trinajstić information content (AvgIpc) is 3.20. The Labute approximate surface area is 128 Å². The summed E-state index contributed by atoms with van der Waals surface area (Å²) < 4.78 is 6.20. The molecular formula is C18H29NO2. The molecule has 0 radical (unpaired) electrons. The van der Waals surface area contributed by atoms with E-state index < -0.39 is 0 Å². The molecular weight excluding hydrogens is 262 g/mol. The highest BCUT2D eigenvalue weighted by Gasteiger charge is 2.46. The predicted molar refractivity (Wildman–Crippen MR) is 82.2 cm³/mol. The van der Waals surface area contributed by atoms with E-state index >= 15 is 0 Å². The van der Waals surface area contributed by atoms with Gasteiger partial charge in [0.1, 0.15) is 5.78 Å². The highest BCUT2D eigenvalue weighted by molar-refractivity contribution is 5.83. The highest BCUT2D eigenvalue weighted by atomic mass is 16.5. The molecule has 4 rings (SSSR count). The van der Waals surface area contributed by atoms with Crippen molar-refractivity contribution >= 4 is 5.78 Å². The largest absolute Gasteiger partial charge is 0.375 e. The second kappa shape index (κ2) is 5.66. The molecule has 2 saturated carbocycles. The van der Waals surface area contributed by atoms with E-state index in [0.717, 1.165) is 25.9 Å². The van der Waals surface area contributed by atoms with Crippen LogP contribution in [-0.2, 0) is 9.53 Å². The summed E-state index contributed by atoms with van der Waals surface area (Å²) in [6, 6.07) is 1.24. The third-order valence-corrected chi connectivity index (χ3v) is 6.61. The van der Waals surface area contributed by atoms with Crippen LogP contribution in [0.4, 0.5) is 0 Å². The van der Waals surface area contributed by atoms with E-state index in [4.69, 9.17) is 4.74 Å². The zero-order chi connectivity index (χ0) is 14.3. The minimum Gasteiger partial charge on any atom is -0.375 e. The Morgan fingerprint density at radius 1 is 1.05 bits per heavy atom. The molecule has 0 amide bonds. The molecule has 0 aromatic heterocycles. The van der Waals surface area contributed by atoms with Gasteiger partial charge in [0.25, 0.3) is 0 Å². The van der Waals surface area contributed by atoms with Gasteiger partial charge in [-0.25, -0.2) is 0 Å². The maximum Gasteiger partial charge on any atom is 0.137 e. The lowest BCUT2D eigenvalue weighted by Gasteiger charge is -2.44. The summed E-state index contributed by atoms with van der Waals surface area (Å²) in [5.41, 5.74) is 0.204. The first-order valence-corrected chi connectivity index (χ1v) is 9.20. The molecule has 2 aliphatic carbocycles. The van der Waals surface area contributed by atoms with Crippen LogP contribution in [0.2, 0.25) is 0 Å². The molecule has 1 spiro atoms. The summed E-state index contributed by atoms with van der Waals surface area (Å²) in [5.74, 6) is 0.907. The number of carbonyl (C=O) groups is 1. The van der Waals surface area contributed by atoms with Gasteiger partial charge < -0.3 is 4.74 Å². The van der Waals surface area contributed by atoms with Gasteiger partial charge in [-0.15, -0.1) is 0 Å². The first-order chi connectivity index (χ1) is 10.3. The van der Waals surface area contributed by atoms with Crippen LogP contribution in [0.3, 0.4) is 0 Å². The number of hydrogen-bond donors (Lipinski definition) is 0. The van der Waals surface area contributed by atoms with Crippen LogP contribution in [0.1, 0.15) is 70.6 Å². The number of ether oxygens (including phenoxy) is 1. The first kappa shape index (κ1) is 14.2. The SMILES string of the molecule is O=C1CCCC1C1CCCN1C1CCOC2(CCCC2)C1. The summed E-state index contributed by atoms with van der Waals surface area (Å²) >= 11 is 0. The third kappa shape index (κ3) is 2.57. The molecule has 4 aliphatic rings. The van der Waals surface area contributed by atoms with Crippen LogP contribution < -0.4 is 0 Å². The summed E-state index contributed by atoms with van der Waals surface area (Å²) in [5, 5.41) is 0. The smallest absolute Gasteiger partial charge is 0.137 e. The Kier molecular flexibility index (Phi) is 3.83. The lowest BCUT2D eigenvalue weighted by atomic mass is 9.86. The molecule has 118 valence electrons. The minimum atomic E-state index is 0.204. The van der Waals surface area contributed by atoms with Gasteiger partial charge in [0.05, 0.1) is 5.60 Å². The molecule has 0 aromatic carbocycles. The van der Waals surface area contributed by atoms with Crippen LogP contribution >= 0.6 is 0 Å². The molecule has 2 heterocycles. The van der Waals surface area contributed by atoms with Crippen molar-refractivity contribution in [3.8, 4) is 0 Å². The van der Waals surface area contributed by atoms with Crippen molar-refractivity contribution < 1.29 is 9.53 Å². The molecule has 3 nitrogen and oxygen atoms in total. The van der Waals surface area contributed by atoms with Crippen molar-refractivity contribution in [1.29, 1.82) is 0 Å². The van der Waals surface area contributed by atoms with Crippen molar-refractivity contribution in [3.63, 3.8) is 0 Å². The Morgan fingerprint density at radius 2 is 1.90 bits per heavy atom. The number of rotatable bonds is 2. The zero-order valence-corrected chi connectivity index (χ0v) is 13.2. The van der Waals surface area contributed by atoms with Crippen LogP contribution in [0.25, 0.3) is 0 Å². The maximum absolute atomic E-state index is 12.2. The van der Waals surface area contributed by atoms with Gasteiger partial charge in [-0.3, -0.25) is 9.69 Å². The lowest BCUT2D eigenvalue weighted by Crippen LogP contribution is -2.51. The molecule has 0 aromatic rings. The normalized spacial score (nSPS) is 40.4. The number of carbonyl (C=O) groups excluding carboxylic acids is 1. The van der Waals surface area contributed by atoms with E-state index in [1.54, 1.807) is 0 Å². The van der Waals surface area contributed by atoms with Crippen LogP contribution in [0.15, 0.2) is 0 Å². The van der Waals surface area contributed by atoms with Crippen molar-refractivity contribution in [2.45, 2.75) is 88.3 Å². The first-order valence-electron chi connectivity index (χ1n) is 9.20. The Morgan fingerprint density at radius 3 is 2.67 bits per heavy atom. The van der Waals surface area contributed by atoms with Crippen LogP contribution in [0.5, 0.6) is 0 Å². The summed E-state index contributed by atoms with van der Waals surface area (Å²) in [7, 11) is 0. The van der Waals surface area contributed by atoms with Gasteiger partial charge in [-0.2, -0.15) is 0 Å². The zero-order valence-electron chi connectivity index (χ0n) is 13.2. The van der Waals surface area contributed by atoms with Crippen LogP contribution in [-0.4, -0.2) is 41.5 Å². The van der Waals surface area contributed by atoms with Crippen molar-refractivity contribution in [2.75, 3.05) is 13.2 Å². The molecule has 2 saturated heterocycles. The highest BCUT2D eigenvalue weighted by Crippen LogP contribution is 2.43. The van der Waals surface area contributed by atoms with E-state index in [1.165, 1.54) is 57.9 Å². The quantitative estimate of drug-likeness (QED) is 0.781. The molecule has 3 heteroatoms. The molecule has 0 N–H and O–H groups in total. The minimum absolute atomic E-state index is 0.204. The fraction of sp³-hybridized carbons (Fsp3) is 0.944. The topological polar surface area (TPSA) is 29.5 Å². The molecule has 3 unspecified atom stereocenters. The summed E-state index contributed by atoms with van der Waals surface area (Å²) in [6.07, 6.45) is 13.3. The van der Waals surface area contributed by atoms with Gasteiger partial charge in [0.15, 0.2) is 0 Å². The second-order valence-corrected chi connectivity index (χ2v) is 7.80. The third-order valence-electron chi connectivity index (χ3n) is 6.61.